The Bertz CT molecular complexity index is 742. The first-order chi connectivity index (χ1) is 10.2. The maximum absolute atomic E-state index is 12.0. The third kappa shape index (κ3) is 2.71. The van der Waals surface area contributed by atoms with E-state index in [1.54, 1.807) is 19.2 Å². The van der Waals surface area contributed by atoms with Crippen LogP contribution in [0, 0.1) is 0 Å². The average Bonchev–Trinajstić information content (AvgIpc) is 2.52. The molecule has 21 heavy (non-hydrogen) atoms. The highest BCUT2D eigenvalue weighted by Crippen LogP contribution is 2.25. The summed E-state index contributed by atoms with van der Waals surface area (Å²) in [7, 11) is 1.74. The molecule has 1 fully saturated rings. The number of nitrogens with one attached hydrogen (secondary N) is 3. The molecule has 0 aliphatic heterocycles. The highest BCUT2D eigenvalue weighted by atomic mass is 16.5. The van der Waals surface area contributed by atoms with Gasteiger partial charge in [-0.2, -0.15) is 0 Å². The lowest BCUT2D eigenvalue weighted by molar-refractivity contribution is 0.0682. The molecule has 0 atom stereocenters. The second kappa shape index (κ2) is 5.73. The van der Waals surface area contributed by atoms with Gasteiger partial charge in [-0.3, -0.25) is 19.8 Å². The monoisotopic (exact) mass is 289 g/mol. The van der Waals surface area contributed by atoms with Gasteiger partial charge in [0.05, 0.1) is 16.9 Å². The topological polar surface area (TPSA) is 87.0 Å². The highest BCUT2D eigenvalue weighted by Gasteiger charge is 2.21. The quantitative estimate of drug-likeness (QED) is 0.800. The molecular formula is C15H19N3O3. The highest BCUT2D eigenvalue weighted by molar-refractivity contribution is 5.92. The van der Waals surface area contributed by atoms with Gasteiger partial charge in [-0.05, 0) is 37.8 Å². The van der Waals surface area contributed by atoms with Gasteiger partial charge in [0, 0.05) is 18.8 Å². The summed E-state index contributed by atoms with van der Waals surface area (Å²) in [5.74, 6) is 0. The average molecular weight is 289 g/mol. The Morgan fingerprint density at radius 3 is 2.52 bits per heavy atom. The van der Waals surface area contributed by atoms with E-state index in [4.69, 9.17) is 4.74 Å². The predicted octanol–water partition coefficient (Wildman–Crippen LogP) is 1.59. The fraction of sp³-hybridized carbons (Fsp3) is 0.467. The summed E-state index contributed by atoms with van der Waals surface area (Å²) in [6.07, 6.45) is 4.35. The SMILES string of the molecule is COC1CCC(Nc2cccc3c(=O)[nH][nH]c(=O)c23)CC1. The van der Waals surface area contributed by atoms with Crippen LogP contribution in [0.1, 0.15) is 25.7 Å². The fourth-order valence-electron chi connectivity index (χ4n) is 3.01. The van der Waals surface area contributed by atoms with Gasteiger partial charge in [0.15, 0.2) is 0 Å². The molecule has 0 spiro atoms. The summed E-state index contributed by atoms with van der Waals surface area (Å²) in [4.78, 5) is 23.8. The minimum absolute atomic E-state index is 0.279. The van der Waals surface area contributed by atoms with Crippen LogP contribution in [-0.4, -0.2) is 29.5 Å². The first-order valence-corrected chi connectivity index (χ1v) is 7.22. The van der Waals surface area contributed by atoms with E-state index in [0.717, 1.165) is 31.4 Å². The van der Waals surface area contributed by atoms with E-state index in [1.165, 1.54) is 0 Å². The Morgan fingerprint density at radius 1 is 1.10 bits per heavy atom. The first-order valence-electron chi connectivity index (χ1n) is 7.22. The van der Waals surface area contributed by atoms with Crippen molar-refractivity contribution in [2.75, 3.05) is 12.4 Å². The molecule has 0 radical (unpaired) electrons. The van der Waals surface area contributed by atoms with Crippen LogP contribution in [0.15, 0.2) is 27.8 Å². The second-order valence-corrected chi connectivity index (χ2v) is 5.49. The van der Waals surface area contributed by atoms with Crippen LogP contribution in [-0.2, 0) is 4.74 Å². The Balaban J connectivity index is 1.90. The number of ether oxygens (including phenoxy) is 1. The van der Waals surface area contributed by atoms with Crippen LogP contribution >= 0.6 is 0 Å². The molecule has 0 saturated heterocycles. The molecule has 6 nitrogen and oxygen atoms in total. The van der Waals surface area contributed by atoms with Crippen molar-refractivity contribution in [3.63, 3.8) is 0 Å². The molecule has 112 valence electrons. The lowest BCUT2D eigenvalue weighted by Gasteiger charge is -2.29. The number of benzene rings is 1. The zero-order valence-electron chi connectivity index (χ0n) is 11.9. The first kappa shape index (κ1) is 13.9. The minimum atomic E-state index is -0.281. The van der Waals surface area contributed by atoms with Gasteiger partial charge >= 0.3 is 0 Å². The molecule has 1 aliphatic rings. The smallest absolute Gasteiger partial charge is 0.272 e. The summed E-state index contributed by atoms with van der Waals surface area (Å²) in [6.45, 7) is 0. The molecule has 0 bridgehead atoms. The van der Waals surface area contributed by atoms with Crippen molar-refractivity contribution in [2.45, 2.75) is 37.8 Å². The zero-order valence-corrected chi connectivity index (χ0v) is 11.9. The van der Waals surface area contributed by atoms with Crippen molar-refractivity contribution >= 4 is 16.5 Å². The minimum Gasteiger partial charge on any atom is -0.382 e. The van der Waals surface area contributed by atoms with E-state index in [0.29, 0.717) is 22.9 Å². The summed E-state index contributed by atoms with van der Waals surface area (Å²) >= 11 is 0. The van der Waals surface area contributed by atoms with Crippen molar-refractivity contribution in [3.05, 3.63) is 38.9 Å². The van der Waals surface area contributed by atoms with E-state index < -0.39 is 0 Å². The maximum atomic E-state index is 12.0. The van der Waals surface area contributed by atoms with E-state index >= 15 is 0 Å². The van der Waals surface area contributed by atoms with Gasteiger partial charge in [0.25, 0.3) is 11.1 Å². The Labute approximate surface area is 121 Å². The van der Waals surface area contributed by atoms with Crippen molar-refractivity contribution < 1.29 is 4.74 Å². The second-order valence-electron chi connectivity index (χ2n) is 5.49. The van der Waals surface area contributed by atoms with E-state index in [1.807, 2.05) is 6.07 Å². The summed E-state index contributed by atoms with van der Waals surface area (Å²) in [5, 5.41) is 8.98. The number of aromatic nitrogens is 2. The molecule has 0 amide bonds. The van der Waals surface area contributed by atoms with Crippen LogP contribution in [0.2, 0.25) is 0 Å². The third-order valence-corrected chi connectivity index (χ3v) is 4.19. The van der Waals surface area contributed by atoms with E-state index in [-0.39, 0.29) is 11.1 Å². The normalized spacial score (nSPS) is 22.3. The number of anilines is 1. The van der Waals surface area contributed by atoms with Gasteiger partial charge < -0.3 is 10.1 Å². The molecule has 1 aliphatic carbocycles. The van der Waals surface area contributed by atoms with Gasteiger partial charge in [-0.15, -0.1) is 0 Å². The van der Waals surface area contributed by atoms with Crippen LogP contribution < -0.4 is 16.4 Å². The summed E-state index contributed by atoms with van der Waals surface area (Å²) in [5.41, 5.74) is 0.162. The third-order valence-electron chi connectivity index (χ3n) is 4.19. The van der Waals surface area contributed by atoms with Gasteiger partial charge in [-0.25, -0.2) is 0 Å². The van der Waals surface area contributed by atoms with E-state index in [9.17, 15) is 9.59 Å². The fourth-order valence-corrected chi connectivity index (χ4v) is 3.01. The number of hydrogen-bond acceptors (Lipinski definition) is 4. The molecule has 3 rings (SSSR count). The molecule has 6 heteroatoms. The number of aromatic amines is 2. The number of methoxy groups -OCH3 is 1. The Morgan fingerprint density at radius 2 is 1.81 bits per heavy atom. The molecular weight excluding hydrogens is 270 g/mol. The number of fused-ring (bicyclic) bond motifs is 1. The van der Waals surface area contributed by atoms with Crippen molar-refractivity contribution in [1.82, 2.24) is 10.2 Å². The van der Waals surface area contributed by atoms with Crippen LogP contribution in [0.3, 0.4) is 0 Å². The summed E-state index contributed by atoms with van der Waals surface area (Å²) in [6, 6.07) is 5.61. The van der Waals surface area contributed by atoms with Gasteiger partial charge in [-0.1, -0.05) is 6.07 Å². The molecule has 1 aromatic heterocycles. The molecule has 1 aromatic carbocycles. The standard InChI is InChI=1S/C15H19N3O3/c1-21-10-7-5-9(6-8-10)16-12-4-2-3-11-13(12)15(20)18-17-14(11)19/h2-4,9-10,16H,5-8H2,1H3,(H,17,19)(H,18,20). The molecule has 1 heterocycles. The molecule has 1 saturated carbocycles. The molecule has 0 unspecified atom stereocenters. The molecule has 2 aromatic rings. The van der Waals surface area contributed by atoms with Crippen LogP contribution in [0.25, 0.3) is 10.8 Å². The van der Waals surface area contributed by atoms with Gasteiger partial charge in [0.1, 0.15) is 0 Å². The Kier molecular flexibility index (Phi) is 3.79. The number of H-pyrrole nitrogens is 2. The van der Waals surface area contributed by atoms with E-state index in [2.05, 4.69) is 15.5 Å². The Hall–Kier alpha value is -2.08. The van der Waals surface area contributed by atoms with Crippen LogP contribution in [0.5, 0.6) is 0 Å². The van der Waals surface area contributed by atoms with Crippen molar-refractivity contribution in [1.29, 1.82) is 0 Å². The van der Waals surface area contributed by atoms with Gasteiger partial charge in [0.2, 0.25) is 0 Å². The van der Waals surface area contributed by atoms with Crippen molar-refractivity contribution in [3.8, 4) is 0 Å². The zero-order chi connectivity index (χ0) is 14.8. The largest absolute Gasteiger partial charge is 0.382 e. The number of hydrogen-bond donors (Lipinski definition) is 3. The van der Waals surface area contributed by atoms with Crippen molar-refractivity contribution in [2.24, 2.45) is 0 Å². The number of rotatable bonds is 3. The lowest BCUT2D eigenvalue weighted by Crippen LogP contribution is -2.30. The van der Waals surface area contributed by atoms with Crippen LogP contribution in [0.4, 0.5) is 5.69 Å². The maximum Gasteiger partial charge on any atom is 0.272 e. The predicted molar refractivity (Wildman–Crippen MR) is 81.9 cm³/mol. The molecule has 3 N–H and O–H groups in total. The summed E-state index contributed by atoms with van der Waals surface area (Å²) < 4.78 is 5.37. The lowest BCUT2D eigenvalue weighted by atomic mass is 9.92.